The number of likely N-dealkylation sites (tertiary alicyclic amines) is 1. The average molecular weight is 388 g/mol. The number of hydrazine groups is 1. The molecule has 8 nitrogen and oxygen atoms in total. The topological polar surface area (TPSA) is 92.8 Å². The minimum atomic E-state index is 0.0562. The van der Waals surface area contributed by atoms with E-state index in [1.807, 2.05) is 31.3 Å². The van der Waals surface area contributed by atoms with Crippen LogP contribution in [-0.4, -0.2) is 50.2 Å². The van der Waals surface area contributed by atoms with Gasteiger partial charge in [0.2, 0.25) is 5.91 Å². The average Bonchev–Trinajstić information content (AvgIpc) is 3.11. The molecule has 28 heavy (non-hydrogen) atoms. The molecule has 0 radical (unpaired) electrons. The van der Waals surface area contributed by atoms with Gasteiger partial charge in [-0.15, -0.1) is 0 Å². The summed E-state index contributed by atoms with van der Waals surface area (Å²) in [5.74, 6) is 0.811. The van der Waals surface area contributed by atoms with E-state index in [4.69, 9.17) is 0 Å². The first-order valence-corrected chi connectivity index (χ1v) is 9.78. The lowest BCUT2D eigenvalue weighted by atomic mass is 10.1. The number of carbonyl (C=O) groups excluding carboxylic acids is 1. The SMILES string of the molecule is C=C(NC/C(CCC)=N/NNC)Nc1cccc(NC(=O)C2CCN(C)C2)c1. The van der Waals surface area contributed by atoms with E-state index >= 15 is 0 Å². The van der Waals surface area contributed by atoms with Gasteiger partial charge in [0.15, 0.2) is 0 Å². The maximum atomic E-state index is 12.4. The molecule has 1 fully saturated rings. The van der Waals surface area contributed by atoms with Crippen LogP contribution >= 0.6 is 0 Å². The number of nitrogens with zero attached hydrogens (tertiary/aromatic N) is 2. The van der Waals surface area contributed by atoms with Crippen molar-refractivity contribution < 1.29 is 4.79 Å². The fraction of sp³-hybridized carbons (Fsp3) is 0.500. The Morgan fingerprint density at radius 2 is 2.07 bits per heavy atom. The summed E-state index contributed by atoms with van der Waals surface area (Å²) in [4.78, 5) is 14.6. The van der Waals surface area contributed by atoms with Gasteiger partial charge in [0.05, 0.1) is 24.0 Å². The zero-order chi connectivity index (χ0) is 20.4. The highest BCUT2D eigenvalue weighted by atomic mass is 16.1. The Kier molecular flexibility index (Phi) is 8.77. The smallest absolute Gasteiger partial charge is 0.228 e. The maximum absolute atomic E-state index is 12.4. The summed E-state index contributed by atoms with van der Waals surface area (Å²) in [6.07, 6.45) is 2.82. The monoisotopic (exact) mass is 387 g/mol. The van der Waals surface area contributed by atoms with Crippen LogP contribution in [-0.2, 0) is 4.79 Å². The van der Waals surface area contributed by atoms with Crippen molar-refractivity contribution in [2.24, 2.45) is 11.0 Å². The Balaban J connectivity index is 1.85. The van der Waals surface area contributed by atoms with Crippen LogP contribution in [0.4, 0.5) is 11.4 Å². The second-order valence-electron chi connectivity index (χ2n) is 7.06. The number of benzene rings is 1. The molecule has 0 saturated carbocycles. The van der Waals surface area contributed by atoms with Gasteiger partial charge in [0.25, 0.3) is 0 Å². The zero-order valence-corrected chi connectivity index (χ0v) is 17.1. The minimum Gasteiger partial charge on any atom is -0.367 e. The number of nitrogens with one attached hydrogen (secondary N) is 5. The van der Waals surface area contributed by atoms with Crippen molar-refractivity contribution in [1.29, 1.82) is 0 Å². The van der Waals surface area contributed by atoms with Crippen LogP contribution in [0.1, 0.15) is 26.2 Å². The van der Waals surface area contributed by atoms with Gasteiger partial charge in [-0.1, -0.05) is 26.0 Å². The summed E-state index contributed by atoms with van der Waals surface area (Å²) in [6.45, 7) is 8.52. The first-order valence-electron chi connectivity index (χ1n) is 9.78. The van der Waals surface area contributed by atoms with E-state index < -0.39 is 0 Å². The van der Waals surface area contributed by atoms with E-state index in [0.717, 1.165) is 49.4 Å². The molecule has 1 saturated heterocycles. The lowest BCUT2D eigenvalue weighted by molar-refractivity contribution is -0.119. The molecule has 0 aliphatic carbocycles. The molecule has 2 rings (SSSR count). The van der Waals surface area contributed by atoms with Crippen molar-refractivity contribution in [2.75, 3.05) is 44.4 Å². The normalized spacial score (nSPS) is 17.2. The summed E-state index contributed by atoms with van der Waals surface area (Å²) < 4.78 is 0. The van der Waals surface area contributed by atoms with Gasteiger partial charge in [-0.3, -0.25) is 4.79 Å². The summed E-state index contributed by atoms with van der Waals surface area (Å²) in [7, 11) is 3.82. The largest absolute Gasteiger partial charge is 0.367 e. The molecule has 1 unspecified atom stereocenters. The van der Waals surface area contributed by atoms with Gasteiger partial charge in [0.1, 0.15) is 0 Å². The van der Waals surface area contributed by atoms with E-state index in [9.17, 15) is 4.79 Å². The van der Waals surface area contributed by atoms with Crippen LogP contribution in [0.3, 0.4) is 0 Å². The lowest BCUT2D eigenvalue weighted by Gasteiger charge is -2.15. The third-order valence-corrected chi connectivity index (χ3v) is 4.56. The first kappa shape index (κ1) is 21.7. The van der Waals surface area contributed by atoms with E-state index in [-0.39, 0.29) is 11.8 Å². The Morgan fingerprint density at radius 3 is 2.71 bits per heavy atom. The molecular formula is C20H33N7O. The molecule has 1 aromatic carbocycles. The quantitative estimate of drug-likeness (QED) is 0.294. The third-order valence-electron chi connectivity index (χ3n) is 4.56. The van der Waals surface area contributed by atoms with Crippen LogP contribution in [0.5, 0.6) is 0 Å². The molecule has 1 aliphatic heterocycles. The van der Waals surface area contributed by atoms with Crippen LogP contribution in [0.15, 0.2) is 41.8 Å². The lowest BCUT2D eigenvalue weighted by Crippen LogP contribution is -2.29. The van der Waals surface area contributed by atoms with Crippen LogP contribution in [0.2, 0.25) is 0 Å². The molecule has 0 bridgehead atoms. The predicted octanol–water partition coefficient (Wildman–Crippen LogP) is 1.93. The number of hydrazone groups is 1. The Morgan fingerprint density at radius 1 is 1.32 bits per heavy atom. The maximum Gasteiger partial charge on any atom is 0.228 e. The van der Waals surface area contributed by atoms with Crippen molar-refractivity contribution in [3.05, 3.63) is 36.7 Å². The summed E-state index contributed by atoms with van der Waals surface area (Å²) in [5.41, 5.74) is 8.20. The highest BCUT2D eigenvalue weighted by Crippen LogP contribution is 2.20. The number of hydrogen-bond donors (Lipinski definition) is 5. The molecule has 1 heterocycles. The fourth-order valence-corrected chi connectivity index (χ4v) is 3.10. The van der Waals surface area contributed by atoms with Crippen molar-refractivity contribution in [2.45, 2.75) is 26.2 Å². The van der Waals surface area contributed by atoms with Gasteiger partial charge in [-0.05, 0) is 44.6 Å². The molecule has 1 amide bonds. The second kappa shape index (κ2) is 11.3. The summed E-state index contributed by atoms with van der Waals surface area (Å²) in [5, 5.41) is 13.8. The summed E-state index contributed by atoms with van der Waals surface area (Å²) in [6, 6.07) is 7.66. The second-order valence-corrected chi connectivity index (χ2v) is 7.06. The Labute approximate surface area is 167 Å². The highest BCUT2D eigenvalue weighted by molar-refractivity contribution is 5.93. The van der Waals surface area contributed by atoms with Gasteiger partial charge >= 0.3 is 0 Å². The molecular weight excluding hydrogens is 354 g/mol. The molecule has 1 aromatic rings. The van der Waals surface area contributed by atoms with Crippen LogP contribution in [0.25, 0.3) is 0 Å². The van der Waals surface area contributed by atoms with Crippen molar-refractivity contribution in [1.82, 2.24) is 21.2 Å². The molecule has 8 heteroatoms. The number of carbonyl (C=O) groups is 1. The highest BCUT2D eigenvalue weighted by Gasteiger charge is 2.26. The molecule has 1 atom stereocenters. The number of amides is 1. The van der Waals surface area contributed by atoms with Crippen molar-refractivity contribution >= 4 is 23.0 Å². The van der Waals surface area contributed by atoms with E-state index in [2.05, 4.69) is 50.4 Å². The minimum absolute atomic E-state index is 0.0562. The zero-order valence-electron chi connectivity index (χ0n) is 17.1. The van der Waals surface area contributed by atoms with Gasteiger partial charge < -0.3 is 20.9 Å². The molecule has 5 N–H and O–H groups in total. The molecule has 0 spiro atoms. The first-order chi connectivity index (χ1) is 13.5. The number of anilines is 2. The Hall–Kier alpha value is -2.58. The number of hydrogen-bond acceptors (Lipinski definition) is 7. The van der Waals surface area contributed by atoms with Crippen molar-refractivity contribution in [3.8, 4) is 0 Å². The van der Waals surface area contributed by atoms with Crippen LogP contribution < -0.4 is 26.9 Å². The van der Waals surface area contributed by atoms with Crippen molar-refractivity contribution in [3.63, 3.8) is 0 Å². The van der Waals surface area contributed by atoms with Gasteiger partial charge in [0, 0.05) is 25.0 Å². The fourth-order valence-electron chi connectivity index (χ4n) is 3.10. The van der Waals surface area contributed by atoms with Crippen LogP contribution in [0, 0.1) is 5.92 Å². The molecule has 0 aromatic heterocycles. The third kappa shape index (κ3) is 7.21. The molecule has 154 valence electrons. The number of rotatable bonds is 11. The standard InChI is InChI=1S/C20H33N7O/c1-5-7-19(25-26-21-3)13-22-15(2)23-17-8-6-9-18(12-17)24-20(28)16-10-11-27(4)14-16/h6,8-9,12,16,21-23,26H,2,5,7,10-11,13-14H2,1,3-4H3,(H,24,28)/b25-19+. The van der Waals surface area contributed by atoms with Gasteiger partial charge in [-0.2, -0.15) is 5.10 Å². The molecule has 1 aliphatic rings. The van der Waals surface area contributed by atoms with Gasteiger partial charge in [-0.25, -0.2) is 11.0 Å². The summed E-state index contributed by atoms with van der Waals surface area (Å²) >= 11 is 0. The van der Waals surface area contributed by atoms with E-state index in [1.165, 1.54) is 0 Å². The predicted molar refractivity (Wildman–Crippen MR) is 116 cm³/mol. The van der Waals surface area contributed by atoms with E-state index in [0.29, 0.717) is 12.4 Å². The Bertz CT molecular complexity index is 689. The van der Waals surface area contributed by atoms with E-state index in [1.54, 1.807) is 7.05 Å².